The van der Waals surface area contributed by atoms with Crippen molar-refractivity contribution in [1.82, 2.24) is 9.80 Å². The first-order chi connectivity index (χ1) is 26.3. The quantitative estimate of drug-likeness (QED) is 0.0573. The third kappa shape index (κ3) is 34.3. The largest absolute Gasteiger partial charge is 0.356 e. The molecule has 1 aliphatic heterocycles. The number of hydrogen-bond acceptors (Lipinski definition) is 2. The summed E-state index contributed by atoms with van der Waals surface area (Å²) in [5, 5.41) is 0. The van der Waals surface area contributed by atoms with Crippen molar-refractivity contribution >= 4 is 0 Å². The van der Waals surface area contributed by atoms with Crippen LogP contribution in [0, 0.1) is 0 Å². The molecule has 0 amide bonds. The molecule has 1 aliphatic rings. The van der Waals surface area contributed by atoms with Gasteiger partial charge in [0.1, 0.15) is 6.17 Å². The van der Waals surface area contributed by atoms with Crippen molar-refractivity contribution in [3.63, 3.8) is 0 Å². The van der Waals surface area contributed by atoms with E-state index in [1.165, 1.54) is 289 Å². The molecule has 0 N–H and O–H groups in total. The zero-order valence-electron chi connectivity index (χ0n) is 37.4. The Kier molecular flexibility index (Phi) is 40.4. The van der Waals surface area contributed by atoms with E-state index < -0.39 is 0 Å². The summed E-state index contributed by atoms with van der Waals surface area (Å²) in [5.74, 6) is 0. The monoisotopic (exact) mass is 743 g/mol. The zero-order chi connectivity index (χ0) is 38.0. The molecule has 0 spiro atoms. The topological polar surface area (TPSA) is 6.48 Å². The van der Waals surface area contributed by atoms with Crippen molar-refractivity contribution in [2.75, 3.05) is 13.1 Å². The molecule has 0 saturated heterocycles. The van der Waals surface area contributed by atoms with E-state index in [0.29, 0.717) is 6.17 Å². The molecular weight excluding hydrogens is 641 g/mol. The van der Waals surface area contributed by atoms with Gasteiger partial charge in [-0.25, -0.2) is 0 Å². The van der Waals surface area contributed by atoms with E-state index in [-0.39, 0.29) is 0 Å². The summed E-state index contributed by atoms with van der Waals surface area (Å²) in [7, 11) is 0. The van der Waals surface area contributed by atoms with Gasteiger partial charge in [0.05, 0.1) is 0 Å². The van der Waals surface area contributed by atoms with Crippen LogP contribution in [0.15, 0.2) is 12.4 Å². The highest BCUT2D eigenvalue weighted by molar-refractivity contribution is 4.97. The van der Waals surface area contributed by atoms with Gasteiger partial charge in [-0.1, -0.05) is 271 Å². The van der Waals surface area contributed by atoms with Crippen LogP contribution in [0.4, 0.5) is 0 Å². The number of unbranched alkanes of at least 4 members (excludes halogenated alkanes) is 39. The maximum atomic E-state index is 2.74. The Labute approximate surface area is 337 Å². The second-order valence-corrected chi connectivity index (χ2v) is 17.8. The van der Waals surface area contributed by atoms with Gasteiger partial charge in [-0.2, -0.15) is 0 Å². The highest BCUT2D eigenvalue weighted by atomic mass is 15.4. The van der Waals surface area contributed by atoms with Crippen LogP contribution >= 0.6 is 0 Å². The lowest BCUT2D eigenvalue weighted by Gasteiger charge is -2.33. The first-order valence-electron chi connectivity index (χ1n) is 25.5. The summed E-state index contributed by atoms with van der Waals surface area (Å²) in [5.41, 5.74) is 0. The maximum Gasteiger partial charge on any atom is 0.101 e. The molecule has 1 rings (SSSR count). The van der Waals surface area contributed by atoms with E-state index in [1.54, 1.807) is 0 Å². The predicted molar refractivity (Wildman–Crippen MR) is 242 cm³/mol. The molecule has 53 heavy (non-hydrogen) atoms. The Morgan fingerprint density at radius 1 is 0.245 bits per heavy atom. The van der Waals surface area contributed by atoms with Gasteiger partial charge >= 0.3 is 0 Å². The SMILES string of the molecule is CCCCCCCCCCCCCCCCCCCN1C=CN(CCCCCCCCCCCCC)C1CCCCCCCCCCCCCCCC. The lowest BCUT2D eigenvalue weighted by atomic mass is 10.0. The lowest BCUT2D eigenvalue weighted by Crippen LogP contribution is -2.39. The molecule has 0 fully saturated rings. The molecule has 0 aromatic carbocycles. The fourth-order valence-electron chi connectivity index (χ4n) is 8.84. The second kappa shape index (κ2) is 42.5. The van der Waals surface area contributed by atoms with Crippen LogP contribution < -0.4 is 0 Å². The van der Waals surface area contributed by atoms with Gasteiger partial charge in [-0.3, -0.25) is 0 Å². The molecule has 0 saturated carbocycles. The summed E-state index contributed by atoms with van der Waals surface area (Å²) < 4.78 is 0. The van der Waals surface area contributed by atoms with Crippen LogP contribution in [0.1, 0.15) is 297 Å². The molecule has 1 heterocycles. The van der Waals surface area contributed by atoms with Crippen LogP contribution in [0.3, 0.4) is 0 Å². The summed E-state index contributed by atoms with van der Waals surface area (Å²) >= 11 is 0. The van der Waals surface area contributed by atoms with Crippen molar-refractivity contribution in [2.24, 2.45) is 0 Å². The molecule has 1 atom stereocenters. The molecule has 316 valence electrons. The van der Waals surface area contributed by atoms with Crippen LogP contribution in [0.2, 0.25) is 0 Å². The van der Waals surface area contributed by atoms with Gasteiger partial charge in [0.25, 0.3) is 0 Å². The molecule has 0 radical (unpaired) electrons. The van der Waals surface area contributed by atoms with Gasteiger partial charge < -0.3 is 9.80 Å². The number of hydrogen-bond donors (Lipinski definition) is 0. The van der Waals surface area contributed by atoms with E-state index in [9.17, 15) is 0 Å². The molecule has 0 aromatic heterocycles. The van der Waals surface area contributed by atoms with Gasteiger partial charge in [0, 0.05) is 25.5 Å². The molecule has 1 unspecified atom stereocenters. The molecule has 0 aromatic rings. The summed E-state index contributed by atoms with van der Waals surface area (Å²) in [6.07, 6.45) is 67.9. The van der Waals surface area contributed by atoms with Crippen molar-refractivity contribution in [3.05, 3.63) is 12.4 Å². The predicted octanol–water partition coefficient (Wildman–Crippen LogP) is 18.2. The first-order valence-corrected chi connectivity index (χ1v) is 25.5. The Balaban J connectivity index is 2.18. The second-order valence-electron chi connectivity index (χ2n) is 17.8. The highest BCUT2D eigenvalue weighted by Gasteiger charge is 2.25. The lowest BCUT2D eigenvalue weighted by molar-refractivity contribution is 0.135. The van der Waals surface area contributed by atoms with Crippen LogP contribution in [0.5, 0.6) is 0 Å². The van der Waals surface area contributed by atoms with Gasteiger partial charge in [-0.15, -0.1) is 0 Å². The third-order valence-corrected chi connectivity index (χ3v) is 12.6. The van der Waals surface area contributed by atoms with E-state index in [0.717, 1.165) is 0 Å². The normalized spacial score (nSPS) is 14.4. The van der Waals surface area contributed by atoms with Crippen molar-refractivity contribution in [2.45, 2.75) is 303 Å². The Bertz CT molecular complexity index is 702. The van der Waals surface area contributed by atoms with Crippen molar-refractivity contribution in [3.8, 4) is 0 Å². The first kappa shape index (κ1) is 50.4. The Hall–Kier alpha value is -0.660. The van der Waals surface area contributed by atoms with Crippen LogP contribution in [-0.2, 0) is 0 Å². The molecule has 0 bridgehead atoms. The Morgan fingerprint density at radius 3 is 0.660 bits per heavy atom. The van der Waals surface area contributed by atoms with E-state index in [2.05, 4.69) is 43.0 Å². The zero-order valence-corrected chi connectivity index (χ0v) is 37.4. The minimum Gasteiger partial charge on any atom is -0.356 e. The van der Waals surface area contributed by atoms with Crippen LogP contribution in [0.25, 0.3) is 0 Å². The molecule has 0 aliphatic carbocycles. The highest BCUT2D eigenvalue weighted by Crippen LogP contribution is 2.24. The third-order valence-electron chi connectivity index (χ3n) is 12.6. The minimum atomic E-state index is 0.636. The van der Waals surface area contributed by atoms with E-state index in [1.807, 2.05) is 0 Å². The van der Waals surface area contributed by atoms with Gasteiger partial charge in [0.15, 0.2) is 0 Å². The van der Waals surface area contributed by atoms with E-state index in [4.69, 9.17) is 0 Å². The van der Waals surface area contributed by atoms with Crippen LogP contribution in [-0.4, -0.2) is 29.1 Å². The van der Waals surface area contributed by atoms with E-state index >= 15 is 0 Å². The van der Waals surface area contributed by atoms with Gasteiger partial charge in [-0.05, 0) is 25.7 Å². The summed E-state index contributed by atoms with van der Waals surface area (Å²) in [6, 6.07) is 0. The minimum absolute atomic E-state index is 0.636. The smallest absolute Gasteiger partial charge is 0.101 e. The number of nitrogens with zero attached hydrogens (tertiary/aromatic N) is 2. The van der Waals surface area contributed by atoms with Crippen molar-refractivity contribution in [1.29, 1.82) is 0 Å². The molecule has 2 nitrogen and oxygen atoms in total. The maximum absolute atomic E-state index is 2.74. The Morgan fingerprint density at radius 2 is 0.434 bits per heavy atom. The fraction of sp³-hybridized carbons (Fsp3) is 0.961. The summed E-state index contributed by atoms with van der Waals surface area (Å²) in [6.45, 7) is 9.50. The van der Waals surface area contributed by atoms with Gasteiger partial charge in [0.2, 0.25) is 0 Å². The standard InChI is InChI=1S/C51H102N2/c1-4-7-10-13-16-19-22-24-26-27-28-30-33-36-39-42-45-48-53-50-49-52(47-44-41-38-35-32-21-18-15-12-9-6-3)51(53)46-43-40-37-34-31-29-25-23-20-17-14-11-8-5-2/h49-51H,4-48H2,1-3H3. The number of rotatable bonds is 45. The van der Waals surface area contributed by atoms with Crippen molar-refractivity contribution < 1.29 is 0 Å². The molecular formula is C51H102N2. The fourth-order valence-corrected chi connectivity index (χ4v) is 8.84. The molecule has 2 heteroatoms. The average molecular weight is 743 g/mol. The average Bonchev–Trinajstić information content (AvgIpc) is 3.55. The summed E-state index contributed by atoms with van der Waals surface area (Å²) in [4.78, 5) is 5.48.